The fourth-order valence-corrected chi connectivity index (χ4v) is 4.18. The predicted octanol–water partition coefficient (Wildman–Crippen LogP) is 4.23. The van der Waals surface area contributed by atoms with Gasteiger partial charge in [0.2, 0.25) is 11.6 Å². The highest BCUT2D eigenvalue weighted by Crippen LogP contribution is 2.40. The number of para-hydroxylation sites is 1. The Hall–Kier alpha value is -4.71. The molecular formula is C27H26N4O5. The molecule has 2 N–H and O–H groups in total. The SMILES string of the molecule is COc1cc(N=Cc2c(C)c(C#N)c(=O)n(CCc3c[nH]c4ccccc34)c2O)cc(OC)c1OC. The van der Waals surface area contributed by atoms with E-state index >= 15 is 0 Å². The van der Waals surface area contributed by atoms with Crippen molar-refractivity contribution in [2.24, 2.45) is 4.99 Å². The summed E-state index contributed by atoms with van der Waals surface area (Å²) < 4.78 is 17.3. The van der Waals surface area contributed by atoms with E-state index in [-0.39, 0.29) is 23.6 Å². The zero-order valence-electron chi connectivity index (χ0n) is 20.5. The number of hydrogen-bond donors (Lipinski definition) is 2. The number of aromatic nitrogens is 2. The molecule has 9 heteroatoms. The largest absolute Gasteiger partial charge is 0.494 e. The van der Waals surface area contributed by atoms with Gasteiger partial charge in [-0.3, -0.25) is 14.4 Å². The predicted molar refractivity (Wildman–Crippen MR) is 137 cm³/mol. The lowest BCUT2D eigenvalue weighted by molar-refractivity contribution is 0.324. The second-order valence-electron chi connectivity index (χ2n) is 8.06. The van der Waals surface area contributed by atoms with Crippen molar-refractivity contribution < 1.29 is 19.3 Å². The van der Waals surface area contributed by atoms with Gasteiger partial charge in [-0.15, -0.1) is 0 Å². The number of aromatic amines is 1. The van der Waals surface area contributed by atoms with Crippen LogP contribution in [-0.2, 0) is 13.0 Å². The van der Waals surface area contributed by atoms with Gasteiger partial charge in [0.1, 0.15) is 11.6 Å². The number of benzene rings is 2. The highest BCUT2D eigenvalue weighted by Gasteiger charge is 2.19. The summed E-state index contributed by atoms with van der Waals surface area (Å²) in [6, 6.07) is 13.1. The number of nitrogens with zero attached hydrogens (tertiary/aromatic N) is 3. The third kappa shape index (κ3) is 4.36. The van der Waals surface area contributed by atoms with Crippen molar-refractivity contribution >= 4 is 22.8 Å². The Bertz CT molecular complexity index is 1530. The average Bonchev–Trinajstić information content (AvgIpc) is 3.31. The van der Waals surface area contributed by atoms with E-state index in [0.29, 0.717) is 34.9 Å². The monoisotopic (exact) mass is 486 g/mol. The van der Waals surface area contributed by atoms with Crippen molar-refractivity contribution in [3.05, 3.63) is 75.2 Å². The summed E-state index contributed by atoms with van der Waals surface area (Å²) in [5.41, 5.74) is 2.50. The fourth-order valence-electron chi connectivity index (χ4n) is 4.18. The number of nitriles is 1. The van der Waals surface area contributed by atoms with Gasteiger partial charge in [-0.25, -0.2) is 0 Å². The molecule has 4 rings (SSSR count). The molecule has 0 saturated heterocycles. The zero-order valence-corrected chi connectivity index (χ0v) is 20.5. The summed E-state index contributed by atoms with van der Waals surface area (Å²) in [4.78, 5) is 20.7. The van der Waals surface area contributed by atoms with Crippen LogP contribution in [0.1, 0.15) is 22.3 Å². The first-order valence-electron chi connectivity index (χ1n) is 11.2. The second kappa shape index (κ2) is 10.3. The van der Waals surface area contributed by atoms with Crippen LogP contribution in [0, 0.1) is 18.3 Å². The van der Waals surface area contributed by atoms with E-state index in [0.717, 1.165) is 16.5 Å². The number of H-pyrrole nitrogens is 1. The molecule has 0 bridgehead atoms. The van der Waals surface area contributed by atoms with Crippen molar-refractivity contribution in [1.29, 1.82) is 5.26 Å². The van der Waals surface area contributed by atoms with Crippen LogP contribution in [0.4, 0.5) is 5.69 Å². The van der Waals surface area contributed by atoms with E-state index in [1.165, 1.54) is 32.1 Å². The van der Waals surface area contributed by atoms with Crippen LogP contribution < -0.4 is 19.8 Å². The van der Waals surface area contributed by atoms with E-state index in [2.05, 4.69) is 9.98 Å². The first-order valence-corrected chi connectivity index (χ1v) is 11.2. The lowest BCUT2D eigenvalue weighted by Gasteiger charge is -2.14. The average molecular weight is 487 g/mol. The molecule has 0 aliphatic carbocycles. The maximum atomic E-state index is 13.0. The molecule has 0 saturated carbocycles. The van der Waals surface area contributed by atoms with Gasteiger partial charge in [0.25, 0.3) is 5.56 Å². The third-order valence-electron chi connectivity index (χ3n) is 6.12. The van der Waals surface area contributed by atoms with Crippen molar-refractivity contribution in [3.8, 4) is 29.2 Å². The van der Waals surface area contributed by atoms with Crippen LogP contribution >= 0.6 is 0 Å². The highest BCUT2D eigenvalue weighted by atomic mass is 16.5. The second-order valence-corrected chi connectivity index (χ2v) is 8.06. The highest BCUT2D eigenvalue weighted by molar-refractivity contribution is 5.88. The van der Waals surface area contributed by atoms with Gasteiger partial charge >= 0.3 is 0 Å². The van der Waals surface area contributed by atoms with Crippen molar-refractivity contribution in [1.82, 2.24) is 9.55 Å². The van der Waals surface area contributed by atoms with E-state index in [4.69, 9.17) is 14.2 Å². The number of aliphatic imine (C=N–C) groups is 1. The number of nitrogens with one attached hydrogen (secondary N) is 1. The Morgan fingerprint density at radius 3 is 2.47 bits per heavy atom. The maximum Gasteiger partial charge on any atom is 0.271 e. The van der Waals surface area contributed by atoms with E-state index < -0.39 is 5.56 Å². The van der Waals surface area contributed by atoms with Gasteiger partial charge < -0.3 is 24.3 Å². The number of fused-ring (bicyclic) bond motifs is 1. The van der Waals surface area contributed by atoms with Crippen LogP contribution in [0.2, 0.25) is 0 Å². The number of pyridine rings is 1. The van der Waals surface area contributed by atoms with E-state index in [1.807, 2.05) is 36.5 Å². The van der Waals surface area contributed by atoms with Gasteiger partial charge in [-0.05, 0) is 30.5 Å². The third-order valence-corrected chi connectivity index (χ3v) is 6.12. The summed E-state index contributed by atoms with van der Waals surface area (Å²) >= 11 is 0. The molecule has 9 nitrogen and oxygen atoms in total. The first-order chi connectivity index (χ1) is 17.4. The Balaban J connectivity index is 1.74. The van der Waals surface area contributed by atoms with E-state index in [1.54, 1.807) is 19.1 Å². The molecule has 36 heavy (non-hydrogen) atoms. The number of hydrogen-bond acceptors (Lipinski definition) is 7. The smallest absolute Gasteiger partial charge is 0.271 e. The lowest BCUT2D eigenvalue weighted by atomic mass is 10.1. The van der Waals surface area contributed by atoms with Crippen LogP contribution in [0.15, 0.2) is 52.4 Å². The Labute approximate surface area is 207 Å². The van der Waals surface area contributed by atoms with Gasteiger partial charge in [-0.1, -0.05) is 18.2 Å². The van der Waals surface area contributed by atoms with E-state index in [9.17, 15) is 15.2 Å². The lowest BCUT2D eigenvalue weighted by Crippen LogP contribution is -2.26. The summed E-state index contributed by atoms with van der Waals surface area (Å²) in [7, 11) is 4.51. The zero-order chi connectivity index (χ0) is 25.8. The molecule has 0 unspecified atom stereocenters. The molecule has 0 atom stereocenters. The number of methoxy groups -OCH3 is 3. The summed E-state index contributed by atoms with van der Waals surface area (Å²) in [6.07, 6.45) is 3.79. The summed E-state index contributed by atoms with van der Waals surface area (Å²) in [5.74, 6) is 1.01. The molecule has 0 amide bonds. The first kappa shape index (κ1) is 24.4. The fraction of sp³-hybridized carbons (Fsp3) is 0.222. The molecule has 0 spiro atoms. The standard InChI is InChI=1S/C27H26N4O5/c1-16-20(13-28)26(32)31(10-9-17-14-30-22-8-6-5-7-19(17)22)27(33)21(16)15-29-18-11-23(34-2)25(36-4)24(12-18)35-3/h5-8,11-12,14-15,30,33H,9-10H2,1-4H3. The molecular weight excluding hydrogens is 460 g/mol. The van der Waals surface area contributed by atoms with Gasteiger partial charge in [0.15, 0.2) is 11.5 Å². The van der Waals surface area contributed by atoms with Gasteiger partial charge in [0, 0.05) is 42.0 Å². The van der Waals surface area contributed by atoms with Crippen LogP contribution in [-0.4, -0.2) is 42.2 Å². The molecule has 0 radical (unpaired) electrons. The van der Waals surface area contributed by atoms with Crippen LogP contribution in [0.5, 0.6) is 23.1 Å². The van der Waals surface area contributed by atoms with Crippen molar-refractivity contribution in [2.45, 2.75) is 19.9 Å². The molecule has 0 fully saturated rings. The van der Waals surface area contributed by atoms with Crippen LogP contribution in [0.3, 0.4) is 0 Å². The Kier molecular flexibility index (Phi) is 6.97. The van der Waals surface area contributed by atoms with Crippen LogP contribution in [0.25, 0.3) is 10.9 Å². The quantitative estimate of drug-likeness (QED) is 0.359. The number of rotatable bonds is 8. The molecule has 184 valence electrons. The molecule has 4 aromatic rings. The van der Waals surface area contributed by atoms with Gasteiger partial charge in [-0.2, -0.15) is 5.26 Å². The van der Waals surface area contributed by atoms with Crippen molar-refractivity contribution in [3.63, 3.8) is 0 Å². The normalized spacial score (nSPS) is 11.1. The number of aryl methyl sites for hydroxylation is 1. The summed E-state index contributed by atoms with van der Waals surface area (Å²) in [6.45, 7) is 1.80. The minimum absolute atomic E-state index is 0.0435. The minimum Gasteiger partial charge on any atom is -0.494 e. The minimum atomic E-state index is -0.544. The Morgan fingerprint density at radius 2 is 1.83 bits per heavy atom. The maximum absolute atomic E-state index is 13.0. The topological polar surface area (TPSA) is 122 Å². The number of aromatic hydroxyl groups is 1. The summed E-state index contributed by atoms with van der Waals surface area (Å²) in [5, 5.41) is 21.8. The molecule has 2 heterocycles. The van der Waals surface area contributed by atoms with Gasteiger partial charge in [0.05, 0.1) is 32.6 Å². The molecule has 2 aromatic carbocycles. The molecule has 0 aliphatic heterocycles. The molecule has 2 aromatic heterocycles. The van der Waals surface area contributed by atoms with Crippen molar-refractivity contribution in [2.75, 3.05) is 21.3 Å². The molecule has 0 aliphatic rings. The Morgan fingerprint density at radius 1 is 1.14 bits per heavy atom. The number of ether oxygens (including phenoxy) is 3.